The summed E-state index contributed by atoms with van der Waals surface area (Å²) in [7, 11) is 0. The zero-order valence-corrected chi connectivity index (χ0v) is 10.2. The number of aromatic nitrogens is 1. The third-order valence-electron chi connectivity index (χ3n) is 2.18. The van der Waals surface area contributed by atoms with Gasteiger partial charge < -0.3 is 11.1 Å². The van der Waals surface area contributed by atoms with E-state index in [1.165, 1.54) is 5.56 Å². The van der Waals surface area contributed by atoms with Crippen LogP contribution in [0, 0.1) is 0 Å². The summed E-state index contributed by atoms with van der Waals surface area (Å²) in [5.74, 6) is 0.655. The lowest BCUT2D eigenvalue weighted by Crippen LogP contribution is -2.08. The van der Waals surface area contributed by atoms with Crippen molar-refractivity contribution in [2.45, 2.75) is 6.42 Å². The SMILES string of the molecule is Nc1ccc(Cl)nc1NCCc1ccsc1. The number of thiophene rings is 1. The number of pyridine rings is 1. The maximum absolute atomic E-state index is 5.79. The number of nitrogens with zero attached hydrogens (tertiary/aromatic N) is 1. The van der Waals surface area contributed by atoms with Crippen LogP contribution in [0.4, 0.5) is 11.5 Å². The minimum atomic E-state index is 0.451. The molecule has 2 aromatic rings. The lowest BCUT2D eigenvalue weighted by Gasteiger charge is -2.07. The Kier molecular flexibility index (Phi) is 3.64. The summed E-state index contributed by atoms with van der Waals surface area (Å²) in [6.07, 6.45) is 0.955. The average molecular weight is 254 g/mol. The molecule has 0 saturated heterocycles. The highest BCUT2D eigenvalue weighted by molar-refractivity contribution is 7.07. The van der Waals surface area contributed by atoms with Crippen LogP contribution in [-0.2, 0) is 6.42 Å². The Morgan fingerprint density at radius 2 is 2.25 bits per heavy atom. The monoisotopic (exact) mass is 253 g/mol. The van der Waals surface area contributed by atoms with Gasteiger partial charge in [0, 0.05) is 6.54 Å². The molecule has 0 aliphatic heterocycles. The Balaban J connectivity index is 1.92. The summed E-state index contributed by atoms with van der Waals surface area (Å²) in [6, 6.07) is 5.55. The van der Waals surface area contributed by atoms with Gasteiger partial charge in [-0.1, -0.05) is 11.6 Å². The predicted octanol–water partition coefficient (Wildman–Crippen LogP) is 3.03. The molecule has 0 saturated carbocycles. The van der Waals surface area contributed by atoms with Gasteiger partial charge in [0.15, 0.2) is 5.82 Å². The quantitative estimate of drug-likeness (QED) is 0.824. The molecule has 16 heavy (non-hydrogen) atoms. The Hall–Kier alpha value is -1.26. The third kappa shape index (κ3) is 2.87. The molecule has 0 bridgehead atoms. The van der Waals surface area contributed by atoms with Crippen molar-refractivity contribution < 1.29 is 0 Å². The van der Waals surface area contributed by atoms with Crippen molar-refractivity contribution in [2.75, 3.05) is 17.6 Å². The number of hydrogen-bond donors (Lipinski definition) is 2. The van der Waals surface area contributed by atoms with Crippen molar-refractivity contribution in [3.63, 3.8) is 0 Å². The van der Waals surface area contributed by atoms with Crippen LogP contribution in [0.3, 0.4) is 0 Å². The van der Waals surface area contributed by atoms with E-state index in [4.69, 9.17) is 17.3 Å². The highest BCUT2D eigenvalue weighted by Crippen LogP contribution is 2.18. The third-order valence-corrected chi connectivity index (χ3v) is 3.12. The molecule has 5 heteroatoms. The molecule has 0 aromatic carbocycles. The van der Waals surface area contributed by atoms with Crippen molar-refractivity contribution in [2.24, 2.45) is 0 Å². The maximum atomic E-state index is 5.79. The number of anilines is 2. The first kappa shape index (κ1) is 11.2. The fourth-order valence-corrected chi connectivity index (χ4v) is 2.20. The molecular formula is C11H12ClN3S. The van der Waals surface area contributed by atoms with Gasteiger partial charge in [-0.05, 0) is 40.9 Å². The first-order valence-corrected chi connectivity index (χ1v) is 6.25. The topological polar surface area (TPSA) is 50.9 Å². The summed E-state index contributed by atoms with van der Waals surface area (Å²) >= 11 is 7.49. The Morgan fingerprint density at radius 3 is 3.00 bits per heavy atom. The maximum Gasteiger partial charge on any atom is 0.150 e. The first-order valence-electron chi connectivity index (χ1n) is 4.92. The summed E-state index contributed by atoms with van der Waals surface area (Å²) in [5, 5.41) is 7.83. The minimum absolute atomic E-state index is 0.451. The van der Waals surface area contributed by atoms with Gasteiger partial charge >= 0.3 is 0 Å². The van der Waals surface area contributed by atoms with E-state index in [0.717, 1.165) is 13.0 Å². The van der Waals surface area contributed by atoms with Gasteiger partial charge in [0.25, 0.3) is 0 Å². The van der Waals surface area contributed by atoms with E-state index < -0.39 is 0 Å². The smallest absolute Gasteiger partial charge is 0.150 e. The number of halogens is 1. The number of nitrogens with two attached hydrogens (primary N) is 1. The molecule has 0 radical (unpaired) electrons. The molecule has 2 aromatic heterocycles. The molecule has 3 N–H and O–H groups in total. The van der Waals surface area contributed by atoms with Gasteiger partial charge in [0.05, 0.1) is 5.69 Å². The van der Waals surface area contributed by atoms with E-state index in [0.29, 0.717) is 16.7 Å². The van der Waals surface area contributed by atoms with Crippen molar-refractivity contribution in [3.8, 4) is 0 Å². The molecule has 84 valence electrons. The zero-order valence-electron chi connectivity index (χ0n) is 8.61. The fraction of sp³-hybridized carbons (Fsp3) is 0.182. The van der Waals surface area contributed by atoms with Crippen molar-refractivity contribution >= 4 is 34.4 Å². The largest absolute Gasteiger partial charge is 0.396 e. The molecule has 0 aliphatic carbocycles. The number of nitrogen functional groups attached to an aromatic ring is 1. The van der Waals surface area contributed by atoms with E-state index >= 15 is 0 Å². The lowest BCUT2D eigenvalue weighted by atomic mass is 10.2. The zero-order chi connectivity index (χ0) is 11.4. The van der Waals surface area contributed by atoms with Crippen molar-refractivity contribution in [1.29, 1.82) is 0 Å². The molecule has 0 spiro atoms. The average Bonchev–Trinajstić information content (AvgIpc) is 2.76. The molecular weight excluding hydrogens is 242 g/mol. The summed E-state index contributed by atoms with van der Waals surface area (Å²) < 4.78 is 0. The van der Waals surface area contributed by atoms with Gasteiger partial charge in [0.1, 0.15) is 5.15 Å². The highest BCUT2D eigenvalue weighted by atomic mass is 35.5. The molecule has 2 rings (SSSR count). The Morgan fingerprint density at radius 1 is 1.38 bits per heavy atom. The first-order chi connectivity index (χ1) is 7.75. The van der Waals surface area contributed by atoms with E-state index in [9.17, 15) is 0 Å². The molecule has 0 fully saturated rings. The molecule has 2 heterocycles. The number of rotatable bonds is 4. The van der Waals surface area contributed by atoms with Gasteiger partial charge in [-0.15, -0.1) is 0 Å². The van der Waals surface area contributed by atoms with Gasteiger partial charge in [-0.3, -0.25) is 0 Å². The summed E-state index contributed by atoms with van der Waals surface area (Å²) in [6.45, 7) is 0.800. The summed E-state index contributed by atoms with van der Waals surface area (Å²) in [5.41, 5.74) is 7.71. The number of hydrogen-bond acceptors (Lipinski definition) is 4. The van der Waals surface area contributed by atoms with Gasteiger partial charge in [0.2, 0.25) is 0 Å². The van der Waals surface area contributed by atoms with Crippen LogP contribution in [0.1, 0.15) is 5.56 Å². The predicted molar refractivity (Wildman–Crippen MR) is 70.2 cm³/mol. The molecule has 0 amide bonds. The van der Waals surface area contributed by atoms with Crippen LogP contribution < -0.4 is 11.1 Å². The van der Waals surface area contributed by atoms with E-state index in [1.807, 2.05) is 0 Å². The normalized spacial score (nSPS) is 10.3. The second-order valence-electron chi connectivity index (χ2n) is 3.38. The molecule has 3 nitrogen and oxygen atoms in total. The highest BCUT2D eigenvalue weighted by Gasteiger charge is 2.01. The van der Waals surface area contributed by atoms with E-state index in [-0.39, 0.29) is 0 Å². The van der Waals surface area contributed by atoms with Crippen LogP contribution in [0.25, 0.3) is 0 Å². The van der Waals surface area contributed by atoms with Crippen LogP contribution in [0.15, 0.2) is 29.0 Å². The fourth-order valence-electron chi connectivity index (χ4n) is 1.35. The second-order valence-corrected chi connectivity index (χ2v) is 4.55. The summed E-state index contributed by atoms with van der Waals surface area (Å²) in [4.78, 5) is 4.12. The van der Waals surface area contributed by atoms with Crippen LogP contribution in [0.5, 0.6) is 0 Å². The lowest BCUT2D eigenvalue weighted by molar-refractivity contribution is 1.01. The second kappa shape index (κ2) is 5.18. The van der Waals surface area contributed by atoms with Crippen LogP contribution in [-0.4, -0.2) is 11.5 Å². The van der Waals surface area contributed by atoms with Crippen molar-refractivity contribution in [1.82, 2.24) is 4.98 Å². The minimum Gasteiger partial charge on any atom is -0.396 e. The van der Waals surface area contributed by atoms with Crippen molar-refractivity contribution in [3.05, 3.63) is 39.7 Å². The van der Waals surface area contributed by atoms with Gasteiger partial charge in [-0.2, -0.15) is 11.3 Å². The Labute approximate surface area is 103 Å². The molecule has 0 unspecified atom stereocenters. The Bertz CT molecular complexity index is 456. The van der Waals surface area contributed by atoms with Gasteiger partial charge in [-0.25, -0.2) is 4.98 Å². The number of nitrogens with one attached hydrogen (secondary N) is 1. The van der Waals surface area contributed by atoms with E-state index in [1.54, 1.807) is 23.5 Å². The standard InChI is InChI=1S/C11H12ClN3S/c12-10-2-1-9(13)11(15-10)14-5-3-8-4-6-16-7-8/h1-2,4,6-7H,3,5,13H2,(H,14,15). The molecule has 0 atom stereocenters. The van der Waals surface area contributed by atoms with Crippen LogP contribution >= 0.6 is 22.9 Å². The van der Waals surface area contributed by atoms with E-state index in [2.05, 4.69) is 27.1 Å². The molecule has 0 aliphatic rings. The van der Waals surface area contributed by atoms with Crippen LogP contribution in [0.2, 0.25) is 5.15 Å².